The Morgan fingerprint density at radius 3 is 2.40 bits per heavy atom. The zero-order valence-corrected chi connectivity index (χ0v) is 12.3. The first-order chi connectivity index (χ1) is 9.65. The predicted octanol–water partition coefficient (Wildman–Crippen LogP) is 2.96. The minimum Gasteiger partial charge on any atom is -0.462 e. The zero-order chi connectivity index (χ0) is 14.1. The molecule has 0 saturated carbocycles. The summed E-state index contributed by atoms with van der Waals surface area (Å²) < 4.78 is 5.77. The maximum absolute atomic E-state index is 12.3. The van der Waals surface area contributed by atoms with Crippen LogP contribution >= 0.6 is 0 Å². The van der Waals surface area contributed by atoms with E-state index < -0.39 is 0 Å². The summed E-state index contributed by atoms with van der Waals surface area (Å²) in [4.78, 5) is 14.8. The Morgan fingerprint density at radius 1 is 1.20 bits per heavy atom. The van der Waals surface area contributed by atoms with Gasteiger partial charge in [0.1, 0.15) is 6.10 Å². The van der Waals surface area contributed by atoms with Crippen molar-refractivity contribution in [3.05, 3.63) is 35.9 Å². The molecule has 1 aromatic carbocycles. The second-order valence-corrected chi connectivity index (χ2v) is 6.21. The van der Waals surface area contributed by atoms with Gasteiger partial charge in [-0.1, -0.05) is 30.3 Å². The normalized spacial score (nSPS) is 31.0. The smallest absolute Gasteiger partial charge is 0.313 e. The molecule has 0 amide bonds. The molecule has 2 fully saturated rings. The maximum Gasteiger partial charge on any atom is 0.313 e. The van der Waals surface area contributed by atoms with E-state index in [0.29, 0.717) is 12.1 Å². The number of carbonyl (C=O) groups is 1. The largest absolute Gasteiger partial charge is 0.462 e. The molecule has 0 radical (unpaired) electrons. The highest BCUT2D eigenvalue weighted by atomic mass is 16.5. The van der Waals surface area contributed by atoms with Gasteiger partial charge in [0.25, 0.3) is 0 Å². The number of nitrogens with zero attached hydrogens (tertiary/aromatic N) is 1. The third-order valence-electron chi connectivity index (χ3n) is 4.99. The van der Waals surface area contributed by atoms with E-state index in [1.54, 1.807) is 0 Å². The standard InChI is InChI=1S/C17H23NO2/c1-12(13-6-4-3-5-7-13)17(19)20-16-10-14-8-9-15(11-16)18(14)2/h3-7,12,14-16H,8-11H2,1-2H3/t12-,14?,15?,16?/m0/s1. The lowest BCUT2D eigenvalue weighted by molar-refractivity contribution is -0.153. The van der Waals surface area contributed by atoms with E-state index in [2.05, 4.69) is 11.9 Å². The van der Waals surface area contributed by atoms with Crippen molar-refractivity contribution in [1.82, 2.24) is 4.90 Å². The van der Waals surface area contributed by atoms with Gasteiger partial charge in [-0.3, -0.25) is 4.79 Å². The number of piperidine rings is 1. The number of rotatable bonds is 3. The van der Waals surface area contributed by atoms with Gasteiger partial charge >= 0.3 is 5.97 Å². The van der Waals surface area contributed by atoms with Crippen LogP contribution in [0.15, 0.2) is 30.3 Å². The number of fused-ring (bicyclic) bond motifs is 2. The minimum atomic E-state index is -0.173. The van der Waals surface area contributed by atoms with Crippen molar-refractivity contribution in [3.63, 3.8) is 0 Å². The van der Waals surface area contributed by atoms with Gasteiger partial charge in [0.2, 0.25) is 0 Å². The number of carbonyl (C=O) groups excluding carboxylic acids is 1. The van der Waals surface area contributed by atoms with E-state index in [1.165, 1.54) is 12.8 Å². The van der Waals surface area contributed by atoms with Crippen LogP contribution in [0.25, 0.3) is 0 Å². The molecule has 2 aliphatic heterocycles. The molecule has 0 N–H and O–H groups in total. The van der Waals surface area contributed by atoms with E-state index in [-0.39, 0.29) is 18.0 Å². The summed E-state index contributed by atoms with van der Waals surface area (Å²) in [5, 5.41) is 0. The number of benzene rings is 1. The first kappa shape index (κ1) is 13.6. The molecule has 2 heterocycles. The van der Waals surface area contributed by atoms with Gasteiger partial charge in [-0.25, -0.2) is 0 Å². The summed E-state index contributed by atoms with van der Waals surface area (Å²) in [6.07, 6.45) is 4.62. The summed E-state index contributed by atoms with van der Waals surface area (Å²) in [5.41, 5.74) is 1.04. The monoisotopic (exact) mass is 273 g/mol. The van der Waals surface area contributed by atoms with Crippen molar-refractivity contribution >= 4 is 5.97 Å². The summed E-state index contributed by atoms with van der Waals surface area (Å²) in [5.74, 6) is -0.251. The Morgan fingerprint density at radius 2 is 1.80 bits per heavy atom. The molecule has 0 spiro atoms. The summed E-state index contributed by atoms with van der Waals surface area (Å²) in [6.45, 7) is 1.93. The third-order valence-corrected chi connectivity index (χ3v) is 4.99. The van der Waals surface area contributed by atoms with Crippen LogP contribution in [0.1, 0.15) is 44.1 Å². The molecule has 3 heteroatoms. The molecular weight excluding hydrogens is 250 g/mol. The Bertz CT molecular complexity index is 459. The van der Waals surface area contributed by atoms with Gasteiger partial charge in [0.15, 0.2) is 0 Å². The molecule has 20 heavy (non-hydrogen) atoms. The molecule has 3 nitrogen and oxygen atoms in total. The topological polar surface area (TPSA) is 29.5 Å². The van der Waals surface area contributed by atoms with E-state index >= 15 is 0 Å². The lowest BCUT2D eigenvalue weighted by Crippen LogP contribution is -2.43. The predicted molar refractivity (Wildman–Crippen MR) is 78.5 cm³/mol. The fraction of sp³-hybridized carbons (Fsp3) is 0.588. The molecule has 0 aliphatic carbocycles. The zero-order valence-electron chi connectivity index (χ0n) is 12.3. The van der Waals surface area contributed by atoms with Crippen LogP contribution in [0.4, 0.5) is 0 Å². The van der Waals surface area contributed by atoms with Crippen LogP contribution in [-0.2, 0) is 9.53 Å². The molecule has 108 valence electrons. The fourth-order valence-corrected chi connectivity index (χ4v) is 3.60. The molecule has 2 bridgehead atoms. The van der Waals surface area contributed by atoms with Crippen LogP contribution in [-0.4, -0.2) is 36.1 Å². The van der Waals surface area contributed by atoms with Crippen LogP contribution in [0.5, 0.6) is 0 Å². The van der Waals surface area contributed by atoms with E-state index in [1.807, 2.05) is 37.3 Å². The SMILES string of the molecule is C[C@H](C(=O)OC1CC2CCC(C1)N2C)c1ccccc1. The lowest BCUT2D eigenvalue weighted by Gasteiger charge is -2.36. The quantitative estimate of drug-likeness (QED) is 0.793. The van der Waals surface area contributed by atoms with Crippen molar-refractivity contribution in [3.8, 4) is 0 Å². The van der Waals surface area contributed by atoms with Crippen LogP contribution < -0.4 is 0 Å². The Hall–Kier alpha value is -1.35. The van der Waals surface area contributed by atoms with Gasteiger partial charge in [-0.15, -0.1) is 0 Å². The molecule has 1 aromatic rings. The highest BCUT2D eigenvalue weighted by molar-refractivity contribution is 5.77. The number of hydrogen-bond donors (Lipinski definition) is 0. The molecular formula is C17H23NO2. The molecule has 2 saturated heterocycles. The highest BCUT2D eigenvalue weighted by Gasteiger charge is 2.40. The summed E-state index contributed by atoms with van der Waals surface area (Å²) in [6, 6.07) is 11.1. The first-order valence-corrected chi connectivity index (χ1v) is 7.62. The van der Waals surface area contributed by atoms with Gasteiger partial charge in [-0.05, 0) is 45.2 Å². The fourth-order valence-electron chi connectivity index (χ4n) is 3.60. The van der Waals surface area contributed by atoms with E-state index in [9.17, 15) is 4.79 Å². The van der Waals surface area contributed by atoms with Crippen LogP contribution in [0.2, 0.25) is 0 Å². The van der Waals surface area contributed by atoms with Crippen molar-refractivity contribution in [2.75, 3.05) is 7.05 Å². The maximum atomic E-state index is 12.3. The van der Waals surface area contributed by atoms with Crippen molar-refractivity contribution in [2.45, 2.75) is 56.7 Å². The second-order valence-electron chi connectivity index (χ2n) is 6.21. The number of hydrogen-bond acceptors (Lipinski definition) is 3. The van der Waals surface area contributed by atoms with Crippen molar-refractivity contribution in [1.29, 1.82) is 0 Å². The third kappa shape index (κ3) is 2.59. The van der Waals surface area contributed by atoms with Gasteiger partial charge in [-0.2, -0.15) is 0 Å². The van der Waals surface area contributed by atoms with Crippen molar-refractivity contribution < 1.29 is 9.53 Å². The van der Waals surface area contributed by atoms with Crippen LogP contribution in [0.3, 0.4) is 0 Å². The molecule has 2 unspecified atom stereocenters. The summed E-state index contributed by atoms with van der Waals surface area (Å²) >= 11 is 0. The number of esters is 1. The Kier molecular flexibility index (Phi) is 3.79. The van der Waals surface area contributed by atoms with Crippen LogP contribution in [0, 0.1) is 0 Å². The summed E-state index contributed by atoms with van der Waals surface area (Å²) in [7, 11) is 2.20. The van der Waals surface area contributed by atoms with E-state index in [4.69, 9.17) is 4.74 Å². The lowest BCUT2D eigenvalue weighted by atomic mass is 9.99. The van der Waals surface area contributed by atoms with Gasteiger partial charge < -0.3 is 9.64 Å². The minimum absolute atomic E-state index is 0.0786. The Balaban J connectivity index is 1.60. The number of ether oxygens (including phenoxy) is 1. The second kappa shape index (κ2) is 5.57. The molecule has 0 aromatic heterocycles. The van der Waals surface area contributed by atoms with Gasteiger partial charge in [0.05, 0.1) is 5.92 Å². The van der Waals surface area contributed by atoms with E-state index in [0.717, 1.165) is 18.4 Å². The van der Waals surface area contributed by atoms with Gasteiger partial charge in [0, 0.05) is 12.1 Å². The molecule has 3 atom stereocenters. The Labute approximate surface area is 120 Å². The molecule has 2 aliphatic rings. The van der Waals surface area contributed by atoms with Crippen molar-refractivity contribution in [2.24, 2.45) is 0 Å². The average molecular weight is 273 g/mol. The first-order valence-electron chi connectivity index (χ1n) is 7.62. The highest BCUT2D eigenvalue weighted by Crippen LogP contribution is 2.36. The molecule has 3 rings (SSSR count). The average Bonchev–Trinajstić information content (AvgIpc) is 2.69.